The maximum atomic E-state index is 3.82. The minimum Gasteiger partial charge on any atom is -0.311 e. The maximum Gasteiger partial charge on any atom is 0.00696 e. The first-order chi connectivity index (χ1) is 6.36. The highest BCUT2D eigenvalue weighted by molar-refractivity contribution is 4.83. The van der Waals surface area contributed by atoms with Crippen molar-refractivity contribution in [1.82, 2.24) is 5.32 Å². The van der Waals surface area contributed by atoms with Gasteiger partial charge in [0.2, 0.25) is 0 Å². The summed E-state index contributed by atoms with van der Waals surface area (Å²) >= 11 is 0. The number of hydrogen-bond acceptors (Lipinski definition) is 1. The Bertz CT molecular complexity index is 145. The lowest BCUT2D eigenvalue weighted by atomic mass is 9.80. The molecule has 1 N–H and O–H groups in total. The molecule has 2 saturated carbocycles. The Kier molecular flexibility index (Phi) is 3.26. The molecule has 13 heavy (non-hydrogen) atoms. The van der Waals surface area contributed by atoms with E-state index in [1.165, 1.54) is 51.4 Å². The summed E-state index contributed by atoms with van der Waals surface area (Å²) in [6.45, 7) is 2.39. The van der Waals surface area contributed by atoms with Gasteiger partial charge in [0.25, 0.3) is 0 Å². The van der Waals surface area contributed by atoms with Gasteiger partial charge in [0, 0.05) is 12.1 Å². The van der Waals surface area contributed by atoms with Gasteiger partial charge in [0.05, 0.1) is 0 Å². The standard InChI is InChI=1S/C12H23N/c1-10(11-6-5-7-11)13-12-8-3-2-4-9-12/h10-13H,2-9H2,1H3. The van der Waals surface area contributed by atoms with Gasteiger partial charge < -0.3 is 5.32 Å². The predicted molar refractivity (Wildman–Crippen MR) is 56.8 cm³/mol. The van der Waals surface area contributed by atoms with E-state index in [-0.39, 0.29) is 0 Å². The summed E-state index contributed by atoms with van der Waals surface area (Å²) in [6.07, 6.45) is 11.7. The Labute approximate surface area is 82.3 Å². The van der Waals surface area contributed by atoms with Crippen molar-refractivity contribution in [3.8, 4) is 0 Å². The SMILES string of the molecule is CC(NC1CCCCC1)C1CCC1. The first-order valence-corrected chi connectivity index (χ1v) is 6.12. The smallest absolute Gasteiger partial charge is 0.00696 e. The fraction of sp³-hybridized carbons (Fsp3) is 1.00. The molecule has 0 bridgehead atoms. The summed E-state index contributed by atoms with van der Waals surface area (Å²) in [5, 5.41) is 3.82. The highest BCUT2D eigenvalue weighted by Gasteiger charge is 2.25. The first kappa shape index (κ1) is 9.51. The van der Waals surface area contributed by atoms with Crippen molar-refractivity contribution in [2.24, 2.45) is 5.92 Å². The third kappa shape index (κ3) is 2.46. The molecular weight excluding hydrogens is 158 g/mol. The van der Waals surface area contributed by atoms with Crippen LogP contribution in [0.5, 0.6) is 0 Å². The molecule has 1 atom stereocenters. The third-order valence-electron chi connectivity index (χ3n) is 3.96. The Morgan fingerprint density at radius 2 is 1.62 bits per heavy atom. The second-order valence-corrected chi connectivity index (χ2v) is 4.98. The van der Waals surface area contributed by atoms with Crippen LogP contribution >= 0.6 is 0 Å². The number of nitrogens with one attached hydrogen (secondary N) is 1. The monoisotopic (exact) mass is 181 g/mol. The van der Waals surface area contributed by atoms with Gasteiger partial charge in [-0.25, -0.2) is 0 Å². The summed E-state index contributed by atoms with van der Waals surface area (Å²) in [6, 6.07) is 1.64. The van der Waals surface area contributed by atoms with Gasteiger partial charge in [-0.15, -0.1) is 0 Å². The van der Waals surface area contributed by atoms with E-state index in [2.05, 4.69) is 12.2 Å². The Morgan fingerprint density at radius 3 is 2.15 bits per heavy atom. The van der Waals surface area contributed by atoms with Crippen LogP contribution in [0.1, 0.15) is 58.3 Å². The van der Waals surface area contributed by atoms with Crippen molar-refractivity contribution < 1.29 is 0 Å². The molecular formula is C12H23N. The van der Waals surface area contributed by atoms with E-state index in [0.717, 1.165) is 18.0 Å². The van der Waals surface area contributed by atoms with Gasteiger partial charge in [0.1, 0.15) is 0 Å². The van der Waals surface area contributed by atoms with E-state index in [9.17, 15) is 0 Å². The lowest BCUT2D eigenvalue weighted by Crippen LogP contribution is -2.43. The number of rotatable bonds is 3. The Morgan fingerprint density at radius 1 is 0.923 bits per heavy atom. The second kappa shape index (κ2) is 4.45. The molecule has 0 spiro atoms. The van der Waals surface area contributed by atoms with Crippen molar-refractivity contribution >= 4 is 0 Å². The molecule has 0 aromatic rings. The van der Waals surface area contributed by atoms with Gasteiger partial charge in [-0.05, 0) is 38.5 Å². The number of hydrogen-bond donors (Lipinski definition) is 1. The van der Waals surface area contributed by atoms with Crippen LogP contribution in [0.25, 0.3) is 0 Å². The summed E-state index contributed by atoms with van der Waals surface area (Å²) in [5.41, 5.74) is 0. The molecule has 0 aromatic heterocycles. The lowest BCUT2D eigenvalue weighted by Gasteiger charge is -2.35. The Hall–Kier alpha value is -0.0400. The van der Waals surface area contributed by atoms with Crippen molar-refractivity contribution in [3.05, 3.63) is 0 Å². The minimum absolute atomic E-state index is 0.789. The van der Waals surface area contributed by atoms with E-state index in [0.29, 0.717) is 0 Å². The van der Waals surface area contributed by atoms with Crippen LogP contribution in [0.4, 0.5) is 0 Å². The maximum absolute atomic E-state index is 3.82. The first-order valence-electron chi connectivity index (χ1n) is 6.12. The van der Waals surface area contributed by atoms with E-state index >= 15 is 0 Å². The van der Waals surface area contributed by atoms with Crippen LogP contribution in [0.2, 0.25) is 0 Å². The molecule has 1 unspecified atom stereocenters. The fourth-order valence-electron chi connectivity index (χ4n) is 2.72. The summed E-state index contributed by atoms with van der Waals surface area (Å²) in [5.74, 6) is 1.00. The lowest BCUT2D eigenvalue weighted by molar-refractivity contribution is 0.212. The van der Waals surface area contributed by atoms with Crippen LogP contribution in [-0.2, 0) is 0 Å². The molecule has 2 rings (SSSR count). The normalized spacial score (nSPS) is 28.4. The van der Waals surface area contributed by atoms with Crippen LogP contribution < -0.4 is 5.32 Å². The van der Waals surface area contributed by atoms with E-state index in [1.807, 2.05) is 0 Å². The van der Waals surface area contributed by atoms with E-state index in [4.69, 9.17) is 0 Å². The molecule has 0 radical (unpaired) electrons. The molecule has 0 heterocycles. The van der Waals surface area contributed by atoms with Crippen molar-refractivity contribution in [2.45, 2.75) is 70.4 Å². The van der Waals surface area contributed by atoms with Gasteiger partial charge in [-0.3, -0.25) is 0 Å². The molecule has 2 aliphatic rings. The van der Waals surface area contributed by atoms with Crippen molar-refractivity contribution in [1.29, 1.82) is 0 Å². The zero-order valence-electron chi connectivity index (χ0n) is 8.89. The molecule has 0 aliphatic heterocycles. The topological polar surface area (TPSA) is 12.0 Å². The molecule has 0 amide bonds. The van der Waals surface area contributed by atoms with Gasteiger partial charge in [0.15, 0.2) is 0 Å². The van der Waals surface area contributed by atoms with Crippen molar-refractivity contribution in [3.63, 3.8) is 0 Å². The molecule has 76 valence electrons. The predicted octanol–water partition coefficient (Wildman–Crippen LogP) is 3.10. The zero-order chi connectivity index (χ0) is 9.10. The average molecular weight is 181 g/mol. The van der Waals surface area contributed by atoms with Crippen LogP contribution in [0.15, 0.2) is 0 Å². The zero-order valence-corrected chi connectivity index (χ0v) is 8.89. The van der Waals surface area contributed by atoms with E-state index in [1.54, 1.807) is 0 Å². The van der Waals surface area contributed by atoms with Gasteiger partial charge in [-0.2, -0.15) is 0 Å². The highest BCUT2D eigenvalue weighted by atomic mass is 15.0. The second-order valence-electron chi connectivity index (χ2n) is 4.98. The van der Waals surface area contributed by atoms with Crippen LogP contribution in [-0.4, -0.2) is 12.1 Å². The Balaban J connectivity index is 1.69. The minimum atomic E-state index is 0.789. The van der Waals surface area contributed by atoms with Crippen LogP contribution in [0, 0.1) is 5.92 Å². The van der Waals surface area contributed by atoms with Gasteiger partial charge in [-0.1, -0.05) is 25.7 Å². The third-order valence-corrected chi connectivity index (χ3v) is 3.96. The van der Waals surface area contributed by atoms with Crippen LogP contribution in [0.3, 0.4) is 0 Å². The molecule has 0 saturated heterocycles. The molecule has 2 aliphatic carbocycles. The van der Waals surface area contributed by atoms with Crippen molar-refractivity contribution in [2.75, 3.05) is 0 Å². The van der Waals surface area contributed by atoms with E-state index < -0.39 is 0 Å². The summed E-state index contributed by atoms with van der Waals surface area (Å²) < 4.78 is 0. The molecule has 1 nitrogen and oxygen atoms in total. The molecule has 2 fully saturated rings. The average Bonchev–Trinajstić information content (AvgIpc) is 2.02. The van der Waals surface area contributed by atoms with Gasteiger partial charge >= 0.3 is 0 Å². The largest absolute Gasteiger partial charge is 0.311 e. The quantitative estimate of drug-likeness (QED) is 0.705. The highest BCUT2D eigenvalue weighted by Crippen LogP contribution is 2.30. The molecule has 1 heteroatoms. The summed E-state index contributed by atoms with van der Waals surface area (Å²) in [7, 11) is 0. The summed E-state index contributed by atoms with van der Waals surface area (Å²) in [4.78, 5) is 0. The fourth-order valence-corrected chi connectivity index (χ4v) is 2.72. The molecule has 0 aromatic carbocycles.